The van der Waals surface area contributed by atoms with Crippen LogP contribution in [0.2, 0.25) is 0 Å². The van der Waals surface area contributed by atoms with Gasteiger partial charge in [-0.25, -0.2) is 8.42 Å². The molecule has 11 nitrogen and oxygen atoms in total. The highest BCUT2D eigenvalue weighted by Crippen LogP contribution is 2.30. The molecule has 1 amide bonds. The number of carbonyl (C=O) groups is 2. The van der Waals surface area contributed by atoms with E-state index in [1.165, 1.54) is 58.4 Å². The Kier molecular flexibility index (Phi) is 6.83. The average Bonchev–Trinajstić information content (AvgIpc) is 3.62. The number of nitro benzene ring substituents is 1. The van der Waals surface area contributed by atoms with E-state index in [9.17, 15) is 28.1 Å². The average molecular weight is 519 g/mol. The van der Waals surface area contributed by atoms with Crippen LogP contribution in [0.1, 0.15) is 30.1 Å². The maximum Gasteiger partial charge on any atom is 0.326 e. The minimum atomic E-state index is -3.65. The molecule has 1 fully saturated rings. The number of hydrogen-bond acceptors (Lipinski definition) is 8. The molecule has 1 aliphatic rings. The van der Waals surface area contributed by atoms with Crippen molar-refractivity contribution in [3.05, 3.63) is 62.9 Å². The molecular formula is C22H22N4O7S2. The summed E-state index contributed by atoms with van der Waals surface area (Å²) in [4.78, 5) is 40.0. The summed E-state index contributed by atoms with van der Waals surface area (Å²) in [7, 11) is -2.11. The molecule has 4 rings (SSSR count). The number of thiazole rings is 1. The number of esters is 1. The van der Waals surface area contributed by atoms with Crippen LogP contribution >= 0.6 is 11.3 Å². The van der Waals surface area contributed by atoms with Gasteiger partial charge < -0.3 is 9.30 Å². The van der Waals surface area contributed by atoms with E-state index in [1.54, 1.807) is 6.92 Å². The molecule has 2 aromatic carbocycles. The van der Waals surface area contributed by atoms with Gasteiger partial charge in [0.05, 0.1) is 26.6 Å². The van der Waals surface area contributed by atoms with Crippen LogP contribution < -0.4 is 4.80 Å². The standard InChI is InChI=1S/C22H22N4O7S2/c1-3-33-20(27)13-25-18-11-8-16(26(29)30)12-19(18)34-22(25)23-21(28)14-4-9-17(10-5-14)35(31,32)24(2)15-6-7-15/h4-5,8-12,15H,3,6-7,13H2,1-2H3. The van der Waals surface area contributed by atoms with E-state index < -0.39 is 26.8 Å². The summed E-state index contributed by atoms with van der Waals surface area (Å²) < 4.78 is 33.6. The first-order valence-electron chi connectivity index (χ1n) is 10.7. The number of sulfonamides is 1. The second-order valence-corrected chi connectivity index (χ2v) is 10.9. The number of aromatic nitrogens is 1. The van der Waals surface area contributed by atoms with Gasteiger partial charge in [-0.2, -0.15) is 9.30 Å². The molecule has 0 saturated heterocycles. The van der Waals surface area contributed by atoms with Crippen molar-refractivity contribution in [1.82, 2.24) is 8.87 Å². The number of amides is 1. The first kappa shape index (κ1) is 24.7. The van der Waals surface area contributed by atoms with Crippen molar-refractivity contribution in [2.24, 2.45) is 4.99 Å². The number of carbonyl (C=O) groups excluding carboxylic acids is 2. The van der Waals surface area contributed by atoms with Crippen molar-refractivity contribution in [3.63, 3.8) is 0 Å². The Hall–Kier alpha value is -3.42. The van der Waals surface area contributed by atoms with Gasteiger partial charge in [-0.15, -0.1) is 0 Å². The Labute approximate surface area is 204 Å². The molecule has 0 aliphatic heterocycles. The summed E-state index contributed by atoms with van der Waals surface area (Å²) in [5.74, 6) is -1.20. The zero-order chi connectivity index (χ0) is 25.3. The van der Waals surface area contributed by atoms with E-state index in [4.69, 9.17) is 4.74 Å². The van der Waals surface area contributed by atoms with Gasteiger partial charge in [0.1, 0.15) is 6.54 Å². The fourth-order valence-corrected chi connectivity index (χ4v) is 5.95. The number of non-ortho nitro benzene ring substituents is 1. The van der Waals surface area contributed by atoms with Gasteiger partial charge in [-0.3, -0.25) is 19.7 Å². The number of hydrogen-bond donors (Lipinski definition) is 0. The first-order chi connectivity index (χ1) is 16.6. The molecule has 0 spiro atoms. The lowest BCUT2D eigenvalue weighted by Gasteiger charge is -2.16. The van der Waals surface area contributed by atoms with Crippen molar-refractivity contribution in [2.45, 2.75) is 37.2 Å². The molecule has 0 bridgehead atoms. The first-order valence-corrected chi connectivity index (χ1v) is 13.0. The Morgan fingerprint density at radius 1 is 1.23 bits per heavy atom. The Balaban J connectivity index is 1.70. The van der Waals surface area contributed by atoms with Crippen LogP contribution in [0.25, 0.3) is 10.2 Å². The monoisotopic (exact) mass is 518 g/mol. The zero-order valence-electron chi connectivity index (χ0n) is 18.9. The van der Waals surface area contributed by atoms with Gasteiger partial charge in [0, 0.05) is 30.8 Å². The van der Waals surface area contributed by atoms with E-state index in [0.717, 1.165) is 24.2 Å². The van der Waals surface area contributed by atoms with E-state index in [0.29, 0.717) is 10.2 Å². The lowest BCUT2D eigenvalue weighted by atomic mass is 10.2. The molecule has 0 radical (unpaired) electrons. The van der Waals surface area contributed by atoms with E-state index >= 15 is 0 Å². The summed E-state index contributed by atoms with van der Waals surface area (Å²) in [5.41, 5.74) is 0.516. The third-order valence-electron chi connectivity index (χ3n) is 5.51. The van der Waals surface area contributed by atoms with Gasteiger partial charge >= 0.3 is 5.97 Å². The number of rotatable bonds is 8. The van der Waals surface area contributed by atoms with Crippen LogP contribution in [0.3, 0.4) is 0 Å². The minimum Gasteiger partial charge on any atom is -0.465 e. The fourth-order valence-electron chi connectivity index (χ4n) is 3.47. The quantitative estimate of drug-likeness (QED) is 0.254. The maximum absolute atomic E-state index is 12.9. The van der Waals surface area contributed by atoms with E-state index in [1.807, 2.05) is 0 Å². The molecule has 1 aromatic heterocycles. The van der Waals surface area contributed by atoms with E-state index in [-0.39, 0.29) is 40.1 Å². The van der Waals surface area contributed by atoms with Crippen molar-refractivity contribution in [2.75, 3.05) is 13.7 Å². The fraction of sp³-hybridized carbons (Fsp3) is 0.318. The summed E-state index contributed by atoms with van der Waals surface area (Å²) in [6.07, 6.45) is 1.66. The lowest BCUT2D eigenvalue weighted by molar-refractivity contribution is -0.384. The smallest absolute Gasteiger partial charge is 0.326 e. The van der Waals surface area contributed by atoms with Gasteiger partial charge in [0.15, 0.2) is 4.80 Å². The molecule has 0 unspecified atom stereocenters. The normalized spacial score (nSPS) is 14.4. The molecular weight excluding hydrogens is 496 g/mol. The molecule has 3 aromatic rings. The molecule has 1 heterocycles. The zero-order valence-corrected chi connectivity index (χ0v) is 20.5. The number of benzene rings is 2. The van der Waals surface area contributed by atoms with Gasteiger partial charge in [-0.05, 0) is 50.1 Å². The number of nitro groups is 1. The largest absolute Gasteiger partial charge is 0.465 e. The third kappa shape index (κ3) is 5.16. The van der Waals surface area contributed by atoms with E-state index in [2.05, 4.69) is 4.99 Å². The molecule has 1 saturated carbocycles. The Morgan fingerprint density at radius 3 is 2.51 bits per heavy atom. The van der Waals surface area contributed by atoms with Crippen LogP contribution in [0.15, 0.2) is 52.4 Å². The predicted octanol–water partition coefficient (Wildman–Crippen LogP) is 2.70. The highest BCUT2D eigenvalue weighted by Gasteiger charge is 2.35. The highest BCUT2D eigenvalue weighted by atomic mass is 32.2. The van der Waals surface area contributed by atoms with Crippen molar-refractivity contribution >= 4 is 49.1 Å². The van der Waals surface area contributed by atoms with Crippen LogP contribution in [-0.4, -0.2) is 53.8 Å². The minimum absolute atomic E-state index is 0.00920. The van der Waals surface area contributed by atoms with Crippen LogP contribution in [-0.2, 0) is 26.1 Å². The summed E-state index contributed by atoms with van der Waals surface area (Å²) in [6, 6.07) is 9.63. The van der Waals surface area contributed by atoms with Crippen molar-refractivity contribution < 1.29 is 27.7 Å². The topological polar surface area (TPSA) is 141 Å². The summed E-state index contributed by atoms with van der Waals surface area (Å²) in [6.45, 7) is 1.60. The van der Waals surface area contributed by atoms with Crippen LogP contribution in [0, 0.1) is 10.1 Å². The maximum atomic E-state index is 12.9. The molecule has 35 heavy (non-hydrogen) atoms. The number of ether oxygens (including phenoxy) is 1. The highest BCUT2D eigenvalue weighted by molar-refractivity contribution is 7.89. The second kappa shape index (κ2) is 9.68. The molecule has 184 valence electrons. The summed E-state index contributed by atoms with van der Waals surface area (Å²) >= 11 is 1.02. The van der Waals surface area contributed by atoms with Crippen molar-refractivity contribution in [3.8, 4) is 0 Å². The lowest BCUT2D eigenvalue weighted by Crippen LogP contribution is -2.28. The molecule has 0 N–H and O–H groups in total. The Bertz CT molecular complexity index is 1490. The van der Waals surface area contributed by atoms with Gasteiger partial charge in [-0.1, -0.05) is 11.3 Å². The van der Waals surface area contributed by atoms with Crippen LogP contribution in [0.4, 0.5) is 5.69 Å². The molecule has 1 aliphatic carbocycles. The van der Waals surface area contributed by atoms with Crippen LogP contribution in [0.5, 0.6) is 0 Å². The predicted molar refractivity (Wildman–Crippen MR) is 127 cm³/mol. The molecule has 13 heteroatoms. The molecule has 0 atom stereocenters. The summed E-state index contributed by atoms with van der Waals surface area (Å²) in [5, 5.41) is 11.1. The third-order valence-corrected chi connectivity index (χ3v) is 8.47. The van der Waals surface area contributed by atoms with Gasteiger partial charge in [0.25, 0.3) is 11.6 Å². The Morgan fingerprint density at radius 2 is 1.91 bits per heavy atom. The number of fused-ring (bicyclic) bond motifs is 1. The second-order valence-electron chi connectivity index (χ2n) is 7.88. The van der Waals surface area contributed by atoms with Gasteiger partial charge in [0.2, 0.25) is 10.0 Å². The SMILES string of the molecule is CCOC(=O)Cn1c(=NC(=O)c2ccc(S(=O)(=O)N(C)C3CC3)cc2)sc2cc([N+](=O)[O-])ccc21. The van der Waals surface area contributed by atoms with Crippen molar-refractivity contribution in [1.29, 1.82) is 0 Å². The number of nitrogens with zero attached hydrogens (tertiary/aromatic N) is 4.